The van der Waals surface area contributed by atoms with Crippen LogP contribution in [0, 0.1) is 5.92 Å². The molecule has 1 N–H and O–H groups in total. The van der Waals surface area contributed by atoms with Gasteiger partial charge in [0.15, 0.2) is 11.5 Å². The van der Waals surface area contributed by atoms with Crippen LogP contribution in [0.5, 0.6) is 0 Å². The number of carbonyl (C=O) groups excluding carboxylic acids is 1. The van der Waals surface area contributed by atoms with Crippen LogP contribution in [0.4, 0.5) is 5.82 Å². The van der Waals surface area contributed by atoms with Crippen molar-refractivity contribution < 1.29 is 4.79 Å². The molecule has 3 heterocycles. The van der Waals surface area contributed by atoms with Gasteiger partial charge in [0.2, 0.25) is 5.91 Å². The molecule has 184 valence electrons. The Bertz CT molecular complexity index is 1400. The van der Waals surface area contributed by atoms with Crippen molar-refractivity contribution in [2.24, 2.45) is 5.92 Å². The summed E-state index contributed by atoms with van der Waals surface area (Å²) in [5, 5.41) is 3.09. The van der Waals surface area contributed by atoms with Crippen molar-refractivity contribution in [3.05, 3.63) is 100.0 Å². The Hall–Kier alpha value is -4.00. The molecule has 4 aromatic rings. The van der Waals surface area contributed by atoms with E-state index in [0.29, 0.717) is 43.2 Å². The van der Waals surface area contributed by atoms with Crippen LogP contribution in [0.1, 0.15) is 36.5 Å². The number of hydrogen-bond acceptors (Lipinski definition) is 5. The van der Waals surface area contributed by atoms with Crippen molar-refractivity contribution in [1.29, 1.82) is 0 Å². The number of fused-ring (bicyclic) bond motifs is 1. The van der Waals surface area contributed by atoms with Crippen LogP contribution in [-0.4, -0.2) is 33.5 Å². The average Bonchev–Trinajstić information content (AvgIpc) is 2.94. The Labute approximate surface area is 210 Å². The van der Waals surface area contributed by atoms with E-state index in [9.17, 15) is 9.59 Å². The third-order valence-electron chi connectivity index (χ3n) is 6.86. The highest BCUT2D eigenvalue weighted by molar-refractivity contribution is 5.79. The first-order valence-electron chi connectivity index (χ1n) is 12.6. The van der Waals surface area contributed by atoms with Crippen LogP contribution in [0.15, 0.2) is 77.7 Å². The van der Waals surface area contributed by atoms with E-state index in [1.165, 1.54) is 5.56 Å². The highest BCUT2D eigenvalue weighted by atomic mass is 16.2. The lowest BCUT2D eigenvalue weighted by molar-refractivity contribution is -0.125. The van der Waals surface area contributed by atoms with Crippen molar-refractivity contribution in [1.82, 2.24) is 19.9 Å². The van der Waals surface area contributed by atoms with Gasteiger partial charge in [0, 0.05) is 25.8 Å². The van der Waals surface area contributed by atoms with Crippen LogP contribution < -0.4 is 15.8 Å². The highest BCUT2D eigenvalue weighted by Crippen LogP contribution is 2.22. The SMILES string of the molecule is CCc1ccc(CNC(=O)[C@H]2CCCN(c3nc4cccnc4n(Cc4ccccc4)c3=O)C2)cc1. The molecule has 5 rings (SSSR count). The quantitative estimate of drug-likeness (QED) is 0.433. The summed E-state index contributed by atoms with van der Waals surface area (Å²) in [6.45, 7) is 4.21. The molecule has 1 saturated heterocycles. The number of anilines is 1. The van der Waals surface area contributed by atoms with E-state index in [2.05, 4.69) is 41.5 Å². The number of pyridine rings is 1. The maximum Gasteiger partial charge on any atom is 0.295 e. The zero-order valence-corrected chi connectivity index (χ0v) is 20.6. The minimum absolute atomic E-state index is 0.0198. The standard InChI is InChI=1S/C29H31N5O2/c1-2-21-12-14-22(15-13-21)18-31-28(35)24-10-7-17-33(20-24)27-29(36)34(19-23-8-4-3-5-9-23)26-25(32-27)11-6-16-30-26/h3-6,8-9,11-16,24H,2,7,10,17-20H2,1H3,(H,31,35)/t24-/m0/s1. The van der Waals surface area contributed by atoms with E-state index in [0.717, 1.165) is 30.4 Å². The molecule has 7 nitrogen and oxygen atoms in total. The Morgan fingerprint density at radius 2 is 1.78 bits per heavy atom. The second-order valence-corrected chi connectivity index (χ2v) is 9.33. The molecule has 1 atom stereocenters. The van der Waals surface area contributed by atoms with Gasteiger partial charge in [-0.15, -0.1) is 0 Å². The second kappa shape index (κ2) is 10.7. The summed E-state index contributed by atoms with van der Waals surface area (Å²) < 4.78 is 1.69. The molecule has 0 spiro atoms. The van der Waals surface area contributed by atoms with E-state index in [4.69, 9.17) is 4.98 Å². The molecule has 7 heteroatoms. The van der Waals surface area contributed by atoms with Gasteiger partial charge < -0.3 is 10.2 Å². The Morgan fingerprint density at radius 1 is 1.00 bits per heavy atom. The number of amides is 1. The number of piperidine rings is 1. The van der Waals surface area contributed by atoms with Gasteiger partial charge in [-0.3, -0.25) is 14.2 Å². The van der Waals surface area contributed by atoms with Crippen LogP contribution in [0.3, 0.4) is 0 Å². The molecule has 0 bridgehead atoms. The van der Waals surface area contributed by atoms with E-state index in [-0.39, 0.29) is 17.4 Å². The maximum atomic E-state index is 13.6. The highest BCUT2D eigenvalue weighted by Gasteiger charge is 2.28. The fraction of sp³-hybridized carbons (Fsp3) is 0.310. The molecule has 1 aliphatic rings. The number of carbonyl (C=O) groups is 1. The molecule has 0 unspecified atom stereocenters. The summed E-state index contributed by atoms with van der Waals surface area (Å²) >= 11 is 0. The van der Waals surface area contributed by atoms with Crippen LogP contribution >= 0.6 is 0 Å². The van der Waals surface area contributed by atoms with E-state index in [1.807, 2.05) is 47.4 Å². The molecule has 1 amide bonds. The van der Waals surface area contributed by atoms with Crippen LogP contribution in [0.2, 0.25) is 0 Å². The Balaban J connectivity index is 1.36. The summed E-state index contributed by atoms with van der Waals surface area (Å²) in [7, 11) is 0. The van der Waals surface area contributed by atoms with Gasteiger partial charge in [-0.25, -0.2) is 9.97 Å². The number of aryl methyl sites for hydroxylation is 1. The minimum atomic E-state index is -0.193. The van der Waals surface area contributed by atoms with Gasteiger partial charge in [-0.2, -0.15) is 0 Å². The lowest BCUT2D eigenvalue weighted by atomic mass is 9.97. The fourth-order valence-electron chi connectivity index (χ4n) is 4.79. The van der Waals surface area contributed by atoms with Gasteiger partial charge in [0.05, 0.1) is 12.5 Å². The average molecular weight is 482 g/mol. The molecule has 0 radical (unpaired) electrons. The van der Waals surface area contributed by atoms with Crippen molar-refractivity contribution >= 4 is 22.9 Å². The lowest BCUT2D eigenvalue weighted by Gasteiger charge is -2.32. The van der Waals surface area contributed by atoms with Gasteiger partial charge in [0.25, 0.3) is 5.56 Å². The molecule has 2 aromatic heterocycles. The molecule has 36 heavy (non-hydrogen) atoms. The zero-order chi connectivity index (χ0) is 24.9. The summed E-state index contributed by atoms with van der Waals surface area (Å²) in [5.41, 5.74) is 4.44. The molecule has 1 fully saturated rings. The van der Waals surface area contributed by atoms with E-state index < -0.39 is 0 Å². The Kier molecular flexibility index (Phi) is 7.07. The number of aromatic nitrogens is 3. The number of benzene rings is 2. The van der Waals surface area contributed by atoms with Crippen LogP contribution in [0.25, 0.3) is 11.2 Å². The first-order chi connectivity index (χ1) is 17.6. The summed E-state index contributed by atoms with van der Waals surface area (Å²) in [4.78, 5) is 37.8. The van der Waals surface area contributed by atoms with E-state index in [1.54, 1.807) is 10.8 Å². The molecular formula is C29H31N5O2. The molecule has 0 aliphatic carbocycles. The first kappa shape index (κ1) is 23.7. The maximum absolute atomic E-state index is 13.6. The minimum Gasteiger partial charge on any atom is -0.352 e. The molecule has 1 aliphatic heterocycles. The third-order valence-corrected chi connectivity index (χ3v) is 6.86. The molecular weight excluding hydrogens is 450 g/mol. The number of rotatable bonds is 7. The number of hydrogen-bond donors (Lipinski definition) is 1. The topological polar surface area (TPSA) is 80.1 Å². The van der Waals surface area contributed by atoms with Crippen LogP contribution in [-0.2, 0) is 24.3 Å². The van der Waals surface area contributed by atoms with Crippen molar-refractivity contribution in [2.45, 2.75) is 39.3 Å². The van der Waals surface area contributed by atoms with Gasteiger partial charge in [-0.1, -0.05) is 61.5 Å². The predicted molar refractivity (Wildman–Crippen MR) is 142 cm³/mol. The number of nitrogens with one attached hydrogen (secondary N) is 1. The zero-order valence-electron chi connectivity index (χ0n) is 20.6. The third kappa shape index (κ3) is 5.15. The normalized spacial score (nSPS) is 15.7. The first-order valence-corrected chi connectivity index (χ1v) is 12.6. The Morgan fingerprint density at radius 3 is 2.56 bits per heavy atom. The van der Waals surface area contributed by atoms with Crippen molar-refractivity contribution in [2.75, 3.05) is 18.0 Å². The van der Waals surface area contributed by atoms with Crippen molar-refractivity contribution in [3.63, 3.8) is 0 Å². The molecule has 2 aromatic carbocycles. The van der Waals surface area contributed by atoms with Gasteiger partial charge >= 0.3 is 0 Å². The monoisotopic (exact) mass is 481 g/mol. The summed E-state index contributed by atoms with van der Waals surface area (Å²) in [6, 6.07) is 21.9. The van der Waals surface area contributed by atoms with Crippen molar-refractivity contribution in [3.8, 4) is 0 Å². The molecule has 0 saturated carbocycles. The van der Waals surface area contributed by atoms with E-state index >= 15 is 0 Å². The summed E-state index contributed by atoms with van der Waals surface area (Å²) in [5.74, 6) is 0.215. The summed E-state index contributed by atoms with van der Waals surface area (Å²) in [6.07, 6.45) is 4.30. The number of nitrogens with zero attached hydrogens (tertiary/aromatic N) is 4. The smallest absolute Gasteiger partial charge is 0.295 e. The lowest BCUT2D eigenvalue weighted by Crippen LogP contribution is -2.45. The predicted octanol–water partition coefficient (Wildman–Crippen LogP) is 3.94. The van der Waals surface area contributed by atoms with Gasteiger partial charge in [-0.05, 0) is 48.1 Å². The second-order valence-electron chi connectivity index (χ2n) is 9.33. The fourth-order valence-corrected chi connectivity index (χ4v) is 4.79. The van der Waals surface area contributed by atoms with Gasteiger partial charge in [0.1, 0.15) is 5.52 Å². The largest absolute Gasteiger partial charge is 0.352 e.